The van der Waals surface area contributed by atoms with Crippen molar-refractivity contribution in [2.45, 2.75) is 17.4 Å². The summed E-state index contributed by atoms with van der Waals surface area (Å²) in [6.07, 6.45) is 0.658. The number of para-hydroxylation sites is 1. The van der Waals surface area contributed by atoms with E-state index in [1.807, 2.05) is 24.3 Å². The van der Waals surface area contributed by atoms with Crippen LogP contribution < -0.4 is 10.1 Å². The van der Waals surface area contributed by atoms with Crippen LogP contribution in [0.1, 0.15) is 28.4 Å². The fraction of sp³-hybridized carbons (Fsp3) is 0.188. The smallest absolute Gasteiger partial charge is 0.254 e. The van der Waals surface area contributed by atoms with Crippen molar-refractivity contribution >= 4 is 18.5 Å². The monoisotopic (exact) mass is 303 g/mol. The molecule has 2 aromatic carbocycles. The third kappa shape index (κ3) is 2.88. The molecular formula is C16H14FNO2S. The second-order valence-electron chi connectivity index (χ2n) is 4.87. The first-order valence-corrected chi connectivity index (χ1v) is 7.11. The Kier molecular flexibility index (Phi) is 3.84. The Balaban J connectivity index is 1.84. The molecule has 2 aromatic rings. The second kappa shape index (κ2) is 5.77. The number of rotatable bonds is 2. The van der Waals surface area contributed by atoms with Crippen LogP contribution in [-0.2, 0) is 0 Å². The van der Waals surface area contributed by atoms with Gasteiger partial charge in [-0.2, -0.15) is 0 Å². The van der Waals surface area contributed by atoms with Gasteiger partial charge in [-0.1, -0.05) is 18.2 Å². The third-order valence-electron chi connectivity index (χ3n) is 3.46. The maximum Gasteiger partial charge on any atom is 0.254 e. The lowest BCUT2D eigenvalue weighted by Crippen LogP contribution is -2.32. The minimum atomic E-state index is -0.550. The van der Waals surface area contributed by atoms with Crippen molar-refractivity contribution in [3.63, 3.8) is 0 Å². The molecule has 1 heterocycles. The number of ether oxygens (including phenoxy) is 1. The van der Waals surface area contributed by atoms with Crippen LogP contribution in [0, 0.1) is 5.82 Å². The summed E-state index contributed by atoms with van der Waals surface area (Å²) in [7, 11) is 0. The highest BCUT2D eigenvalue weighted by molar-refractivity contribution is 7.80. The minimum absolute atomic E-state index is 0.00599. The van der Waals surface area contributed by atoms with Gasteiger partial charge in [0.15, 0.2) is 0 Å². The molecule has 0 fully saturated rings. The number of carbonyl (C=O) groups excluding carboxylic acids is 1. The van der Waals surface area contributed by atoms with Crippen molar-refractivity contribution in [2.75, 3.05) is 6.61 Å². The maximum absolute atomic E-state index is 13.8. The molecule has 5 heteroatoms. The number of carbonyl (C=O) groups is 1. The lowest BCUT2D eigenvalue weighted by Gasteiger charge is -2.26. The van der Waals surface area contributed by atoms with Gasteiger partial charge in [0.2, 0.25) is 0 Å². The molecule has 108 valence electrons. The summed E-state index contributed by atoms with van der Waals surface area (Å²) in [6.45, 7) is 0.525. The average Bonchev–Trinajstić information content (AvgIpc) is 2.50. The lowest BCUT2D eigenvalue weighted by atomic mass is 10.00. The van der Waals surface area contributed by atoms with Crippen LogP contribution >= 0.6 is 12.6 Å². The van der Waals surface area contributed by atoms with E-state index in [4.69, 9.17) is 4.74 Å². The standard InChI is InChI=1S/C16H14FNO2S/c17-13-6-5-10(21)9-12(13)16(19)18-14-7-8-20-15-4-2-1-3-11(14)15/h1-6,9,14,21H,7-8H2,(H,18,19). The summed E-state index contributed by atoms with van der Waals surface area (Å²) in [5, 5.41) is 2.87. The van der Waals surface area contributed by atoms with E-state index in [2.05, 4.69) is 17.9 Å². The van der Waals surface area contributed by atoms with Crippen LogP contribution in [0.3, 0.4) is 0 Å². The Morgan fingerprint density at radius 3 is 2.95 bits per heavy atom. The van der Waals surface area contributed by atoms with Gasteiger partial charge in [-0.15, -0.1) is 12.6 Å². The topological polar surface area (TPSA) is 38.3 Å². The number of benzene rings is 2. The van der Waals surface area contributed by atoms with E-state index in [1.165, 1.54) is 18.2 Å². The minimum Gasteiger partial charge on any atom is -0.493 e. The van der Waals surface area contributed by atoms with E-state index in [1.54, 1.807) is 0 Å². The van der Waals surface area contributed by atoms with Gasteiger partial charge in [0.25, 0.3) is 5.91 Å². The Morgan fingerprint density at radius 2 is 2.10 bits per heavy atom. The summed E-state index contributed by atoms with van der Waals surface area (Å²) in [6, 6.07) is 11.6. The Bertz CT molecular complexity index is 690. The molecule has 0 saturated carbocycles. The van der Waals surface area contributed by atoms with Crippen molar-refractivity contribution < 1.29 is 13.9 Å². The lowest BCUT2D eigenvalue weighted by molar-refractivity contribution is 0.0920. The van der Waals surface area contributed by atoms with Gasteiger partial charge in [-0.25, -0.2) is 4.39 Å². The number of amides is 1. The largest absolute Gasteiger partial charge is 0.493 e. The van der Waals surface area contributed by atoms with Gasteiger partial charge in [-0.05, 0) is 24.3 Å². The summed E-state index contributed by atoms with van der Waals surface area (Å²) >= 11 is 4.14. The number of hydrogen-bond acceptors (Lipinski definition) is 3. The van der Waals surface area contributed by atoms with Crippen molar-refractivity contribution in [1.29, 1.82) is 0 Å². The highest BCUT2D eigenvalue weighted by Crippen LogP contribution is 2.31. The van der Waals surface area contributed by atoms with Crippen LogP contribution in [0.25, 0.3) is 0 Å². The van der Waals surface area contributed by atoms with Crippen molar-refractivity contribution in [3.05, 3.63) is 59.4 Å². The number of thiol groups is 1. The first-order chi connectivity index (χ1) is 10.1. The van der Waals surface area contributed by atoms with E-state index in [-0.39, 0.29) is 11.6 Å². The Hall–Kier alpha value is -2.01. The summed E-state index contributed by atoms with van der Waals surface area (Å²) < 4.78 is 19.3. The number of fused-ring (bicyclic) bond motifs is 1. The molecule has 21 heavy (non-hydrogen) atoms. The average molecular weight is 303 g/mol. The van der Waals surface area contributed by atoms with Crippen molar-refractivity contribution in [1.82, 2.24) is 5.32 Å². The van der Waals surface area contributed by atoms with Crippen LogP contribution in [-0.4, -0.2) is 12.5 Å². The van der Waals surface area contributed by atoms with Crippen LogP contribution in [0.2, 0.25) is 0 Å². The molecule has 3 rings (SSSR count). The van der Waals surface area contributed by atoms with Crippen LogP contribution in [0.4, 0.5) is 4.39 Å². The predicted octanol–water partition coefficient (Wildman–Crippen LogP) is 3.37. The van der Waals surface area contributed by atoms with Gasteiger partial charge in [0.05, 0.1) is 18.2 Å². The second-order valence-corrected chi connectivity index (χ2v) is 5.38. The summed E-state index contributed by atoms with van der Waals surface area (Å²) in [5.41, 5.74) is 0.922. The Morgan fingerprint density at radius 1 is 1.29 bits per heavy atom. The van der Waals surface area contributed by atoms with Gasteiger partial charge in [0.1, 0.15) is 11.6 Å². The molecule has 1 N–H and O–H groups in total. The third-order valence-corrected chi connectivity index (χ3v) is 3.74. The quantitative estimate of drug-likeness (QED) is 0.835. The molecule has 0 bridgehead atoms. The van der Waals surface area contributed by atoms with Crippen molar-refractivity contribution in [2.24, 2.45) is 0 Å². The van der Waals surface area contributed by atoms with E-state index < -0.39 is 11.7 Å². The normalized spacial score (nSPS) is 16.8. The molecule has 1 aliphatic rings. The SMILES string of the molecule is O=C(NC1CCOc2ccccc21)c1cc(S)ccc1F. The molecule has 1 unspecified atom stereocenters. The summed E-state index contributed by atoms with van der Waals surface area (Å²) in [4.78, 5) is 12.8. The van der Waals surface area contributed by atoms with E-state index in [9.17, 15) is 9.18 Å². The number of nitrogens with one attached hydrogen (secondary N) is 1. The van der Waals surface area contributed by atoms with Gasteiger partial charge >= 0.3 is 0 Å². The van der Waals surface area contributed by atoms with Crippen LogP contribution in [0.5, 0.6) is 5.75 Å². The Labute approximate surface area is 127 Å². The number of hydrogen-bond donors (Lipinski definition) is 2. The zero-order valence-electron chi connectivity index (χ0n) is 11.2. The van der Waals surface area contributed by atoms with Gasteiger partial charge in [-0.3, -0.25) is 4.79 Å². The molecule has 1 amide bonds. The zero-order valence-corrected chi connectivity index (χ0v) is 12.1. The van der Waals surface area contributed by atoms with E-state index in [0.717, 1.165) is 11.3 Å². The van der Waals surface area contributed by atoms with Crippen molar-refractivity contribution in [3.8, 4) is 5.75 Å². The van der Waals surface area contributed by atoms with E-state index >= 15 is 0 Å². The fourth-order valence-electron chi connectivity index (χ4n) is 2.42. The van der Waals surface area contributed by atoms with Gasteiger partial charge in [0, 0.05) is 16.9 Å². The maximum atomic E-state index is 13.8. The summed E-state index contributed by atoms with van der Waals surface area (Å²) in [5.74, 6) is -0.229. The highest BCUT2D eigenvalue weighted by atomic mass is 32.1. The highest BCUT2D eigenvalue weighted by Gasteiger charge is 2.24. The van der Waals surface area contributed by atoms with E-state index in [0.29, 0.717) is 17.9 Å². The van der Waals surface area contributed by atoms with Gasteiger partial charge < -0.3 is 10.1 Å². The fourth-order valence-corrected chi connectivity index (χ4v) is 2.62. The molecule has 0 aromatic heterocycles. The predicted molar refractivity (Wildman–Crippen MR) is 80.4 cm³/mol. The molecule has 0 aliphatic carbocycles. The molecule has 1 aliphatic heterocycles. The molecule has 0 spiro atoms. The zero-order chi connectivity index (χ0) is 14.8. The first-order valence-electron chi connectivity index (χ1n) is 6.66. The molecule has 0 radical (unpaired) electrons. The molecule has 3 nitrogen and oxygen atoms in total. The van der Waals surface area contributed by atoms with Crippen LogP contribution in [0.15, 0.2) is 47.4 Å². The number of halogens is 1. The first kappa shape index (κ1) is 13.9. The molecule has 1 atom stereocenters. The molecule has 0 saturated heterocycles. The molecular weight excluding hydrogens is 289 g/mol.